The molecule has 0 aromatic heterocycles. The lowest BCUT2D eigenvalue weighted by Crippen LogP contribution is -2.42. The summed E-state index contributed by atoms with van der Waals surface area (Å²) < 4.78 is 26.4. The van der Waals surface area contributed by atoms with Gasteiger partial charge in [-0.2, -0.15) is 0 Å². The first-order valence-electron chi connectivity index (χ1n) is 27.1. The molecular formula is C59H93N5O18. The number of rotatable bonds is 23. The molecule has 2 aromatic rings. The second kappa shape index (κ2) is 49.5. The summed E-state index contributed by atoms with van der Waals surface area (Å²) in [5, 5.41) is 46.6. The number of aliphatic hydroxyl groups excluding tert-OH is 2. The van der Waals surface area contributed by atoms with E-state index in [1.54, 1.807) is 61.7 Å². The molecule has 4 rings (SSSR count). The third kappa shape index (κ3) is 41.7. The number of hydrogen-bond acceptors (Lipinski definition) is 18. The Hall–Kier alpha value is -7.31. The van der Waals surface area contributed by atoms with Crippen molar-refractivity contribution in [3.63, 3.8) is 0 Å². The van der Waals surface area contributed by atoms with Crippen molar-refractivity contribution in [1.82, 2.24) is 15.5 Å². The van der Waals surface area contributed by atoms with Crippen LogP contribution in [0.5, 0.6) is 11.5 Å². The minimum absolute atomic E-state index is 0.0100. The van der Waals surface area contributed by atoms with E-state index in [1.165, 1.54) is 31.6 Å². The monoisotopic (exact) mass is 1160 g/mol. The number of ether oxygens (including phenoxy) is 5. The minimum atomic E-state index is -1.25. The number of allylic oxidation sites excluding steroid dienone is 1. The van der Waals surface area contributed by atoms with Gasteiger partial charge in [0.15, 0.2) is 6.10 Å². The summed E-state index contributed by atoms with van der Waals surface area (Å²) in [6.07, 6.45) is 11.4. The maximum absolute atomic E-state index is 12.8. The first kappa shape index (κ1) is 78.9. The molecule has 0 aliphatic carbocycles. The molecule has 0 radical (unpaired) electrons. The summed E-state index contributed by atoms with van der Waals surface area (Å²) >= 11 is 0. The van der Waals surface area contributed by atoms with Crippen LogP contribution in [0.4, 0.5) is 10.5 Å². The van der Waals surface area contributed by atoms with E-state index in [9.17, 15) is 48.9 Å². The van der Waals surface area contributed by atoms with Crippen molar-refractivity contribution in [2.24, 2.45) is 17.1 Å². The Morgan fingerprint density at radius 3 is 1.99 bits per heavy atom. The molecule has 2 aromatic carbocycles. The molecule has 0 saturated carbocycles. The number of benzene rings is 2. The summed E-state index contributed by atoms with van der Waals surface area (Å²) in [7, 11) is 3.40. The van der Waals surface area contributed by atoms with Crippen LogP contribution in [0.1, 0.15) is 124 Å². The third-order valence-electron chi connectivity index (χ3n) is 11.3. The number of carbonyl (C=O) groups excluding carboxylic acids is 8. The van der Waals surface area contributed by atoms with Gasteiger partial charge >= 0.3 is 18.0 Å². The number of hydrogen-bond donors (Lipinski definition) is 8. The van der Waals surface area contributed by atoms with Gasteiger partial charge in [0.2, 0.25) is 24.5 Å². The standard InChI is InChI=1S/C33H41N3O11.C8H11NO3.C7H16.C6H12O2.C2H4O.C2H6.CH3NO/c1-21(37)44-15-3-6-23-8-10-28(46-31-20-25(38)19-29(47-31)32(41)42)26(18-23)36-30(40)12-14-35-33(43)45-16-4-5-22-7-9-27(39)24(17-22)11-13-34-2;1-9(5-3-7-11)8(12)4-2-6-10;1-5-7(3,4)6-2;1-5-2-6(7)4-8-3-5;1-2-3;1-2;2-1-3/h3-10,17-18,25,29,31,34,38-39H,11-16,19-20H2,1-2H3,(H,35,43)(H,36,40)(H,41,42);2,4,6-7H,3,5H2,1H3;5-6H2,1-4H3;5-7H,2-4H2,1H3;2H,1H3;1-2H3;1H,(H2,2,3)/b5-4+,6-3+;4-2-;;;;;. The molecule has 4 amide bonds. The van der Waals surface area contributed by atoms with Gasteiger partial charge in [0, 0.05) is 65.4 Å². The SMILES string of the molecule is CC.CC1COCC(O)C1.CC=O.CCC(C)(C)CC.CN(CCC=O)C(=O)/C=C\C=O.CNCCc1cc(/C=C/COC(=O)NCCC(=O)Nc2cc(/C=C/COC(C)=O)ccc2OC2CC(O)CC(C(=O)O)O2)ccc1O.NC=O. The first-order chi connectivity index (χ1) is 39.0. The summed E-state index contributed by atoms with van der Waals surface area (Å²) in [5.74, 6) is -1.48. The highest BCUT2D eigenvalue weighted by Crippen LogP contribution is 2.31. The summed E-state index contributed by atoms with van der Waals surface area (Å²) in [5.41, 5.74) is 7.25. The van der Waals surface area contributed by atoms with Crippen LogP contribution in [-0.4, -0.2) is 165 Å². The number of carboxylic acids is 1. The van der Waals surface area contributed by atoms with Crippen molar-refractivity contribution in [1.29, 1.82) is 0 Å². The number of aliphatic carboxylic acids is 1. The fraction of sp³-hybridized carbons (Fsp3) is 0.542. The molecular weight excluding hydrogens is 1070 g/mol. The number of phenolic OH excluding ortho intramolecular Hbond substituents is 1. The van der Waals surface area contributed by atoms with Crippen LogP contribution in [0.25, 0.3) is 12.2 Å². The number of carbonyl (C=O) groups is 9. The fourth-order valence-electron chi connectivity index (χ4n) is 6.32. The van der Waals surface area contributed by atoms with Crippen molar-refractivity contribution in [2.75, 3.05) is 65.5 Å². The molecule has 9 N–H and O–H groups in total. The van der Waals surface area contributed by atoms with Crippen molar-refractivity contribution in [3.05, 3.63) is 77.4 Å². The fourth-order valence-corrected chi connectivity index (χ4v) is 6.32. The Morgan fingerprint density at radius 2 is 1.48 bits per heavy atom. The van der Waals surface area contributed by atoms with E-state index < -0.39 is 42.4 Å². The van der Waals surface area contributed by atoms with Crippen LogP contribution in [0.3, 0.4) is 0 Å². The highest BCUT2D eigenvalue weighted by Gasteiger charge is 2.34. The van der Waals surface area contributed by atoms with Gasteiger partial charge in [-0.05, 0) is 104 Å². The van der Waals surface area contributed by atoms with E-state index in [4.69, 9.17) is 38.4 Å². The molecule has 82 heavy (non-hydrogen) atoms. The zero-order valence-corrected chi connectivity index (χ0v) is 49.8. The molecule has 2 heterocycles. The van der Waals surface area contributed by atoms with E-state index in [-0.39, 0.29) is 74.6 Å². The molecule has 2 fully saturated rings. The number of carboxylic acid groups (broad SMARTS) is 1. The van der Waals surface area contributed by atoms with E-state index >= 15 is 0 Å². The topological polar surface area (TPSA) is 346 Å². The van der Waals surface area contributed by atoms with E-state index in [0.29, 0.717) is 49.2 Å². The van der Waals surface area contributed by atoms with Gasteiger partial charge < -0.3 is 80.3 Å². The van der Waals surface area contributed by atoms with Crippen LogP contribution in [0.2, 0.25) is 0 Å². The molecule has 23 nitrogen and oxygen atoms in total. The third-order valence-corrected chi connectivity index (χ3v) is 11.3. The molecule has 5 unspecified atom stereocenters. The number of nitrogens with one attached hydrogen (secondary N) is 3. The summed E-state index contributed by atoms with van der Waals surface area (Å²) in [6, 6.07) is 10.0. The van der Waals surface area contributed by atoms with E-state index in [0.717, 1.165) is 55.4 Å². The lowest BCUT2D eigenvalue weighted by Gasteiger charge is -2.31. The van der Waals surface area contributed by atoms with Gasteiger partial charge in [-0.25, -0.2) is 9.59 Å². The van der Waals surface area contributed by atoms with Gasteiger partial charge in [-0.1, -0.05) is 85.6 Å². The second-order valence-electron chi connectivity index (χ2n) is 18.5. The van der Waals surface area contributed by atoms with Crippen molar-refractivity contribution in [3.8, 4) is 11.5 Å². The number of aldehydes is 3. The molecule has 462 valence electrons. The Labute approximate surface area is 484 Å². The Morgan fingerprint density at radius 1 is 0.878 bits per heavy atom. The number of primary amides is 1. The van der Waals surface area contributed by atoms with Gasteiger partial charge in [0.1, 0.15) is 43.6 Å². The number of phenols is 1. The molecule has 23 heteroatoms. The molecule has 0 bridgehead atoms. The Balaban J connectivity index is -0.00000143. The molecule has 2 saturated heterocycles. The smallest absolute Gasteiger partial charge is 0.407 e. The quantitative estimate of drug-likeness (QED) is 0.0349. The molecule has 5 atom stereocenters. The summed E-state index contributed by atoms with van der Waals surface area (Å²) in [6.45, 7) is 20.4. The number of esters is 1. The predicted molar refractivity (Wildman–Crippen MR) is 313 cm³/mol. The van der Waals surface area contributed by atoms with E-state index in [1.807, 2.05) is 27.0 Å². The number of aromatic hydroxyl groups is 1. The zero-order chi connectivity index (χ0) is 62.9. The normalized spacial score (nSPS) is 16.9. The highest BCUT2D eigenvalue weighted by molar-refractivity contribution is 5.93. The zero-order valence-electron chi connectivity index (χ0n) is 49.8. The summed E-state index contributed by atoms with van der Waals surface area (Å²) in [4.78, 5) is 96.8. The number of nitrogens with two attached hydrogens (primary N) is 1. The maximum atomic E-state index is 12.8. The average molecular weight is 1160 g/mol. The van der Waals surface area contributed by atoms with Crippen LogP contribution in [0.15, 0.2) is 60.7 Å². The highest BCUT2D eigenvalue weighted by atomic mass is 16.7. The molecule has 0 spiro atoms. The second-order valence-corrected chi connectivity index (χ2v) is 18.5. The number of aliphatic hydroxyl groups is 2. The van der Waals surface area contributed by atoms with Crippen LogP contribution >= 0.6 is 0 Å². The molecule has 2 aliphatic rings. The largest absolute Gasteiger partial charge is 0.508 e. The maximum Gasteiger partial charge on any atom is 0.407 e. The van der Waals surface area contributed by atoms with E-state index in [2.05, 4.69) is 56.3 Å². The Bertz CT molecular complexity index is 2220. The molecule has 2 aliphatic heterocycles. The van der Waals surface area contributed by atoms with Crippen molar-refractivity contribution >= 4 is 73.0 Å². The number of amides is 4. The predicted octanol–water partition coefficient (Wildman–Crippen LogP) is 6.19. The number of anilines is 1. The minimum Gasteiger partial charge on any atom is -0.508 e. The van der Waals surface area contributed by atoms with Gasteiger partial charge in [-0.3, -0.25) is 24.0 Å². The van der Waals surface area contributed by atoms with Gasteiger partial charge in [0.25, 0.3) is 0 Å². The van der Waals surface area contributed by atoms with Gasteiger partial charge in [-0.15, -0.1) is 0 Å². The van der Waals surface area contributed by atoms with Gasteiger partial charge in [0.05, 0.1) is 24.5 Å². The van der Waals surface area contributed by atoms with Crippen molar-refractivity contribution < 1.29 is 87.3 Å². The van der Waals surface area contributed by atoms with Crippen LogP contribution in [-0.2, 0) is 63.7 Å². The number of likely N-dealkylation sites (N-methyl/N-ethyl adjacent to an activating group) is 2. The first-order valence-corrected chi connectivity index (χ1v) is 27.1. The lowest BCUT2D eigenvalue weighted by atomic mass is 9.88. The van der Waals surface area contributed by atoms with Crippen LogP contribution in [0, 0.1) is 11.3 Å². The van der Waals surface area contributed by atoms with Crippen LogP contribution < -0.4 is 26.4 Å². The average Bonchev–Trinajstić information content (AvgIpc) is 3.43. The Kier molecular flexibility index (Phi) is 47.6. The number of alkyl carbamates (subject to hydrolysis) is 1. The lowest BCUT2D eigenvalue weighted by molar-refractivity contribution is -0.195. The van der Waals surface area contributed by atoms with Crippen molar-refractivity contribution in [2.45, 2.75) is 138 Å². The number of nitrogens with zero attached hydrogens (tertiary/aromatic N) is 1.